The SMILES string of the molecule is C#C/C=C\C=C/CC1(c2ccccc2O)c2ccccc2-c2ccc3c4ccccc4n(-c4ccc(-c5ccccc5)cc4)c3c21. The van der Waals surface area contributed by atoms with Crippen LogP contribution in [-0.4, -0.2) is 9.67 Å². The van der Waals surface area contributed by atoms with Crippen LogP contribution in [0.15, 0.2) is 164 Å². The molecule has 2 heteroatoms. The lowest BCUT2D eigenvalue weighted by Crippen LogP contribution is -2.27. The molecule has 0 amide bonds. The Bertz CT molecular complexity index is 2350. The molecule has 1 aliphatic rings. The quantitative estimate of drug-likeness (QED) is 0.151. The minimum Gasteiger partial charge on any atom is -0.508 e. The van der Waals surface area contributed by atoms with E-state index in [0.29, 0.717) is 6.42 Å². The number of phenolic OH excluding ortho intramolecular Hbond substituents is 1. The molecular weight excluding hydrogens is 558 g/mol. The Hall–Kier alpha value is -6.04. The van der Waals surface area contributed by atoms with E-state index in [1.807, 2.05) is 30.4 Å². The highest BCUT2D eigenvalue weighted by molar-refractivity contribution is 6.13. The lowest BCUT2D eigenvalue weighted by atomic mass is 9.69. The van der Waals surface area contributed by atoms with E-state index in [4.69, 9.17) is 6.42 Å². The number of phenols is 1. The normalized spacial score (nSPS) is 15.5. The number of hydrogen-bond acceptors (Lipinski definition) is 1. The predicted octanol–water partition coefficient (Wildman–Crippen LogP) is 10.6. The molecule has 8 rings (SSSR count). The van der Waals surface area contributed by atoms with Crippen molar-refractivity contribution in [2.75, 3.05) is 0 Å². The van der Waals surface area contributed by atoms with E-state index in [1.165, 1.54) is 44.2 Å². The number of aromatic hydroxyl groups is 1. The maximum atomic E-state index is 11.6. The minimum absolute atomic E-state index is 0.282. The van der Waals surface area contributed by atoms with Crippen LogP contribution in [0.25, 0.3) is 49.7 Å². The van der Waals surface area contributed by atoms with Crippen LogP contribution in [-0.2, 0) is 5.41 Å². The molecule has 0 saturated carbocycles. The first-order valence-electron chi connectivity index (χ1n) is 15.6. The van der Waals surface area contributed by atoms with Crippen LogP contribution in [0.3, 0.4) is 0 Å². The summed E-state index contributed by atoms with van der Waals surface area (Å²) in [6, 6.07) is 49.0. The van der Waals surface area contributed by atoms with Crippen LogP contribution >= 0.6 is 0 Å². The number of terminal acetylenes is 1. The molecule has 1 N–H and O–H groups in total. The first kappa shape index (κ1) is 27.5. The molecule has 2 nitrogen and oxygen atoms in total. The summed E-state index contributed by atoms with van der Waals surface area (Å²) >= 11 is 0. The molecule has 46 heavy (non-hydrogen) atoms. The van der Waals surface area contributed by atoms with E-state index in [-0.39, 0.29) is 5.75 Å². The van der Waals surface area contributed by atoms with Gasteiger partial charge in [0.15, 0.2) is 0 Å². The van der Waals surface area contributed by atoms with Gasteiger partial charge >= 0.3 is 0 Å². The molecule has 1 aliphatic carbocycles. The number of benzene rings is 6. The van der Waals surface area contributed by atoms with Crippen LogP contribution in [0.5, 0.6) is 5.75 Å². The van der Waals surface area contributed by atoms with Crippen molar-refractivity contribution < 1.29 is 5.11 Å². The molecule has 1 unspecified atom stereocenters. The van der Waals surface area contributed by atoms with Crippen LogP contribution in [0, 0.1) is 12.3 Å². The highest BCUT2D eigenvalue weighted by atomic mass is 16.3. The third kappa shape index (κ3) is 4.14. The van der Waals surface area contributed by atoms with E-state index in [0.717, 1.165) is 22.3 Å². The largest absolute Gasteiger partial charge is 0.508 e. The van der Waals surface area contributed by atoms with Gasteiger partial charge in [0.2, 0.25) is 0 Å². The van der Waals surface area contributed by atoms with Gasteiger partial charge in [0.25, 0.3) is 0 Å². The second kappa shape index (κ2) is 11.1. The standard InChI is InChI=1S/C44H31NO/c1-2-3-4-5-15-30-44(39-21-12-14-23-41(39)46)38-20-11-9-18-34(38)36-28-29-37-35-19-10-13-22-40(35)45(43(37)42(36)44)33-26-24-32(25-27-33)31-16-7-6-8-17-31/h1,3-29,46H,30H2/b4-3-,15-5-. The fraction of sp³-hybridized carbons (Fsp3) is 0.0455. The van der Waals surface area contributed by atoms with Gasteiger partial charge in [-0.25, -0.2) is 0 Å². The Balaban J connectivity index is 1.49. The lowest BCUT2D eigenvalue weighted by Gasteiger charge is -2.33. The van der Waals surface area contributed by atoms with E-state index < -0.39 is 5.41 Å². The first-order valence-corrected chi connectivity index (χ1v) is 15.6. The smallest absolute Gasteiger partial charge is 0.120 e. The van der Waals surface area contributed by atoms with Crippen molar-refractivity contribution in [3.8, 4) is 46.0 Å². The van der Waals surface area contributed by atoms with Gasteiger partial charge in [0.1, 0.15) is 5.75 Å². The van der Waals surface area contributed by atoms with Gasteiger partial charge in [-0.05, 0) is 64.6 Å². The van der Waals surface area contributed by atoms with Crippen molar-refractivity contribution in [2.24, 2.45) is 0 Å². The fourth-order valence-corrected chi connectivity index (χ4v) is 7.51. The van der Waals surface area contributed by atoms with Crippen molar-refractivity contribution in [3.05, 3.63) is 181 Å². The topological polar surface area (TPSA) is 25.2 Å². The van der Waals surface area contributed by atoms with Gasteiger partial charge in [0, 0.05) is 27.6 Å². The molecule has 1 aromatic heterocycles. The monoisotopic (exact) mass is 589 g/mol. The highest BCUT2D eigenvalue weighted by Crippen LogP contribution is 2.59. The molecule has 0 spiro atoms. The second-order valence-electron chi connectivity index (χ2n) is 11.8. The van der Waals surface area contributed by atoms with E-state index in [9.17, 15) is 5.11 Å². The van der Waals surface area contributed by atoms with Gasteiger partial charge in [0.05, 0.1) is 16.4 Å². The summed E-state index contributed by atoms with van der Waals surface area (Å²) in [6.07, 6.45) is 13.9. The van der Waals surface area contributed by atoms with Crippen molar-refractivity contribution in [3.63, 3.8) is 0 Å². The van der Waals surface area contributed by atoms with Crippen molar-refractivity contribution in [1.29, 1.82) is 0 Å². The molecule has 1 heterocycles. The number of hydrogen-bond donors (Lipinski definition) is 1. The van der Waals surface area contributed by atoms with E-state index >= 15 is 0 Å². The van der Waals surface area contributed by atoms with Gasteiger partial charge in [-0.3, -0.25) is 0 Å². The Morgan fingerprint density at radius 3 is 2.13 bits per heavy atom. The Kier molecular flexibility index (Phi) is 6.67. The van der Waals surface area contributed by atoms with E-state index in [2.05, 4.69) is 132 Å². The molecule has 0 fully saturated rings. The Morgan fingerprint density at radius 2 is 1.33 bits per heavy atom. The molecule has 0 aliphatic heterocycles. The second-order valence-corrected chi connectivity index (χ2v) is 11.8. The average molecular weight is 590 g/mol. The summed E-state index contributed by atoms with van der Waals surface area (Å²) in [7, 11) is 0. The molecule has 0 bridgehead atoms. The van der Waals surface area contributed by atoms with Crippen molar-refractivity contribution >= 4 is 21.8 Å². The Morgan fingerprint density at radius 1 is 0.630 bits per heavy atom. The number of nitrogens with zero attached hydrogens (tertiary/aromatic N) is 1. The number of para-hydroxylation sites is 2. The summed E-state index contributed by atoms with van der Waals surface area (Å²) in [5.41, 5.74) is 10.7. The minimum atomic E-state index is -0.659. The van der Waals surface area contributed by atoms with Gasteiger partial charge < -0.3 is 9.67 Å². The zero-order valence-electron chi connectivity index (χ0n) is 25.3. The van der Waals surface area contributed by atoms with Crippen molar-refractivity contribution in [2.45, 2.75) is 11.8 Å². The summed E-state index contributed by atoms with van der Waals surface area (Å²) < 4.78 is 2.42. The number of rotatable bonds is 6. The molecule has 6 aromatic carbocycles. The molecule has 1 atom stereocenters. The van der Waals surface area contributed by atoms with Crippen LogP contribution in [0.2, 0.25) is 0 Å². The lowest BCUT2D eigenvalue weighted by molar-refractivity contribution is 0.454. The van der Waals surface area contributed by atoms with Crippen LogP contribution in [0.1, 0.15) is 23.1 Å². The summed E-state index contributed by atoms with van der Waals surface area (Å²) in [5, 5.41) is 14.0. The summed E-state index contributed by atoms with van der Waals surface area (Å²) in [4.78, 5) is 0. The number of fused-ring (bicyclic) bond motifs is 7. The third-order valence-electron chi connectivity index (χ3n) is 9.40. The maximum Gasteiger partial charge on any atom is 0.120 e. The number of aromatic nitrogens is 1. The maximum absolute atomic E-state index is 11.6. The first-order chi connectivity index (χ1) is 22.7. The number of allylic oxidation sites excluding steroid dienone is 4. The highest BCUT2D eigenvalue weighted by Gasteiger charge is 2.47. The van der Waals surface area contributed by atoms with Crippen LogP contribution < -0.4 is 0 Å². The van der Waals surface area contributed by atoms with Gasteiger partial charge in [-0.1, -0.05) is 139 Å². The van der Waals surface area contributed by atoms with Gasteiger partial charge in [-0.15, -0.1) is 6.42 Å². The van der Waals surface area contributed by atoms with Crippen LogP contribution in [0.4, 0.5) is 0 Å². The molecule has 218 valence electrons. The summed E-state index contributed by atoms with van der Waals surface area (Å²) in [6.45, 7) is 0. The fourth-order valence-electron chi connectivity index (χ4n) is 7.51. The molecule has 0 radical (unpaired) electrons. The van der Waals surface area contributed by atoms with E-state index in [1.54, 1.807) is 12.1 Å². The van der Waals surface area contributed by atoms with Crippen molar-refractivity contribution in [1.82, 2.24) is 4.57 Å². The third-order valence-corrected chi connectivity index (χ3v) is 9.40. The predicted molar refractivity (Wildman–Crippen MR) is 191 cm³/mol. The molecule has 7 aromatic rings. The Labute approximate surface area is 269 Å². The zero-order chi connectivity index (χ0) is 31.1. The molecule has 0 saturated heterocycles. The van der Waals surface area contributed by atoms with Gasteiger partial charge in [-0.2, -0.15) is 0 Å². The zero-order valence-corrected chi connectivity index (χ0v) is 25.3. The summed E-state index contributed by atoms with van der Waals surface area (Å²) in [5.74, 6) is 2.86. The molecular formula is C44H31NO. The average Bonchev–Trinajstić information content (AvgIpc) is 3.60.